The third-order valence-electron chi connectivity index (χ3n) is 5.68. The number of amides is 2. The van der Waals surface area contributed by atoms with Crippen molar-refractivity contribution < 1.29 is 57.2 Å². The third kappa shape index (κ3) is 10.2. The Hall–Kier alpha value is -3.26. The van der Waals surface area contributed by atoms with Gasteiger partial charge in [-0.15, -0.1) is 0 Å². The van der Waals surface area contributed by atoms with Crippen molar-refractivity contribution in [3.63, 3.8) is 0 Å². The maximum absolute atomic E-state index is 13.2. The van der Waals surface area contributed by atoms with Crippen LogP contribution < -0.4 is 10.6 Å². The Labute approximate surface area is 220 Å². The van der Waals surface area contributed by atoms with Crippen molar-refractivity contribution in [1.29, 1.82) is 0 Å². The second kappa shape index (κ2) is 15.2. The molecule has 2 aliphatic rings. The lowest BCUT2D eigenvalue weighted by Crippen LogP contribution is -2.59. The van der Waals surface area contributed by atoms with Gasteiger partial charge in [0.15, 0.2) is 12.2 Å². The second-order valence-corrected chi connectivity index (χ2v) is 8.97. The maximum Gasteiger partial charge on any atom is 0.303 e. The molecular formula is C24H36N2O12. The molecule has 2 amide bonds. The van der Waals surface area contributed by atoms with Crippen molar-refractivity contribution in [3.8, 4) is 0 Å². The van der Waals surface area contributed by atoms with E-state index < -0.39 is 60.1 Å². The number of hydrogen-bond acceptors (Lipinski definition) is 12. The van der Waals surface area contributed by atoms with Crippen LogP contribution in [0.4, 0.5) is 0 Å². The number of ether oxygens (including phenoxy) is 6. The van der Waals surface area contributed by atoms with Crippen molar-refractivity contribution in [1.82, 2.24) is 10.6 Å². The quantitative estimate of drug-likeness (QED) is 0.220. The molecule has 14 heteroatoms. The zero-order valence-electron chi connectivity index (χ0n) is 22.0. The molecule has 2 heterocycles. The van der Waals surface area contributed by atoms with Crippen molar-refractivity contribution in [2.75, 3.05) is 26.3 Å². The summed E-state index contributed by atoms with van der Waals surface area (Å²) in [4.78, 5) is 74.3. The molecule has 14 nitrogen and oxygen atoms in total. The van der Waals surface area contributed by atoms with Crippen LogP contribution in [0.25, 0.3) is 0 Å². The van der Waals surface area contributed by atoms with Gasteiger partial charge >= 0.3 is 23.9 Å². The number of esters is 4. The summed E-state index contributed by atoms with van der Waals surface area (Å²) in [5, 5.41) is 5.13. The molecular weight excluding hydrogens is 508 g/mol. The summed E-state index contributed by atoms with van der Waals surface area (Å²) in [7, 11) is 0. The van der Waals surface area contributed by atoms with Crippen molar-refractivity contribution in [3.05, 3.63) is 0 Å². The van der Waals surface area contributed by atoms with Crippen molar-refractivity contribution >= 4 is 35.7 Å². The highest BCUT2D eigenvalue weighted by atomic mass is 16.6. The first-order chi connectivity index (χ1) is 18.0. The topological polar surface area (TPSA) is 182 Å². The summed E-state index contributed by atoms with van der Waals surface area (Å²) < 4.78 is 31.9. The van der Waals surface area contributed by atoms with Crippen LogP contribution in [0.5, 0.6) is 0 Å². The van der Waals surface area contributed by atoms with E-state index in [-0.39, 0.29) is 25.3 Å². The summed E-state index contributed by atoms with van der Waals surface area (Å²) in [6.45, 7) is 5.24. The van der Waals surface area contributed by atoms with Gasteiger partial charge in [0.1, 0.15) is 0 Å². The summed E-state index contributed by atoms with van der Waals surface area (Å²) in [6, 6.07) is 0. The normalized spacial score (nSPS) is 21.8. The van der Waals surface area contributed by atoms with Crippen LogP contribution >= 0.6 is 0 Å². The van der Waals surface area contributed by atoms with E-state index in [1.165, 1.54) is 0 Å². The van der Waals surface area contributed by atoms with Gasteiger partial charge in [-0.3, -0.25) is 28.8 Å². The van der Waals surface area contributed by atoms with Crippen LogP contribution in [0.3, 0.4) is 0 Å². The molecule has 2 saturated heterocycles. The minimum atomic E-state index is -1.87. The van der Waals surface area contributed by atoms with Crippen LogP contribution in [0.1, 0.15) is 53.4 Å². The van der Waals surface area contributed by atoms with Gasteiger partial charge in [-0.2, -0.15) is 0 Å². The van der Waals surface area contributed by atoms with Gasteiger partial charge < -0.3 is 39.1 Å². The molecule has 0 aromatic carbocycles. The SMILES string of the molecule is CC(=O)OC(C(=O)NCC1CCCO1)C(OC(C)=O)C(OC(C)=O)C(OC(C)=O)C(=O)NCC1CCCO1. The fourth-order valence-electron chi connectivity index (χ4n) is 4.12. The molecule has 0 bridgehead atoms. The molecule has 0 spiro atoms. The lowest BCUT2D eigenvalue weighted by molar-refractivity contribution is -0.200. The van der Waals surface area contributed by atoms with Gasteiger partial charge in [0.25, 0.3) is 11.8 Å². The van der Waals surface area contributed by atoms with E-state index in [2.05, 4.69) is 10.6 Å². The zero-order valence-corrected chi connectivity index (χ0v) is 22.0. The predicted molar refractivity (Wildman–Crippen MR) is 126 cm³/mol. The average molecular weight is 545 g/mol. The van der Waals surface area contributed by atoms with E-state index in [0.29, 0.717) is 26.1 Å². The van der Waals surface area contributed by atoms with Crippen LogP contribution in [0.2, 0.25) is 0 Å². The predicted octanol–water partition coefficient (Wildman–Crippen LogP) is -0.696. The second-order valence-electron chi connectivity index (χ2n) is 8.97. The standard InChI is InChI=1S/C24H36N2O12/c1-13(27)35-19(21(37-15(3)29)23(31)25-11-17-7-5-9-33-17)20(36-14(2)28)22(38-16(4)30)24(32)26-12-18-8-6-10-34-18/h17-22H,5-12H2,1-4H3,(H,25,31)(H,26,32). The lowest BCUT2D eigenvalue weighted by Gasteiger charge is -2.34. The molecule has 2 rings (SSSR count). The molecule has 6 atom stereocenters. The van der Waals surface area contributed by atoms with Crippen molar-refractivity contribution in [2.45, 2.75) is 90.0 Å². The molecule has 38 heavy (non-hydrogen) atoms. The van der Waals surface area contributed by atoms with Gasteiger partial charge in [-0.1, -0.05) is 0 Å². The summed E-state index contributed by atoms with van der Waals surface area (Å²) in [6.07, 6.45) is -4.99. The van der Waals surface area contributed by atoms with Gasteiger partial charge in [-0.05, 0) is 25.7 Å². The number of carbonyl (C=O) groups excluding carboxylic acids is 6. The molecule has 0 radical (unpaired) electrons. The van der Waals surface area contributed by atoms with E-state index >= 15 is 0 Å². The summed E-state index contributed by atoms with van der Waals surface area (Å²) in [5.41, 5.74) is 0. The van der Waals surface area contributed by atoms with E-state index in [1.807, 2.05) is 0 Å². The first kappa shape index (κ1) is 31.0. The molecule has 0 aromatic heterocycles. The Balaban J connectivity index is 2.39. The highest BCUT2D eigenvalue weighted by molar-refractivity contribution is 5.87. The number of carbonyl (C=O) groups is 6. The van der Waals surface area contributed by atoms with Gasteiger partial charge in [0.2, 0.25) is 12.2 Å². The van der Waals surface area contributed by atoms with E-state index in [9.17, 15) is 28.8 Å². The Kier molecular flexibility index (Phi) is 12.4. The Morgan fingerprint density at radius 2 is 0.974 bits per heavy atom. The van der Waals surface area contributed by atoms with E-state index in [4.69, 9.17) is 28.4 Å². The Morgan fingerprint density at radius 1 is 0.632 bits per heavy atom. The van der Waals surface area contributed by atoms with Gasteiger partial charge in [0.05, 0.1) is 12.2 Å². The molecule has 0 saturated carbocycles. The van der Waals surface area contributed by atoms with Crippen molar-refractivity contribution in [2.24, 2.45) is 0 Å². The minimum Gasteiger partial charge on any atom is -0.454 e. The van der Waals surface area contributed by atoms with Crippen LogP contribution in [-0.4, -0.2) is 98.6 Å². The van der Waals surface area contributed by atoms with E-state index in [1.54, 1.807) is 0 Å². The number of hydrogen-bond donors (Lipinski definition) is 2. The highest BCUT2D eigenvalue weighted by Crippen LogP contribution is 2.21. The van der Waals surface area contributed by atoms with Crippen LogP contribution in [0, 0.1) is 0 Å². The monoisotopic (exact) mass is 544 g/mol. The summed E-state index contributed by atoms with van der Waals surface area (Å²) >= 11 is 0. The largest absolute Gasteiger partial charge is 0.454 e. The highest BCUT2D eigenvalue weighted by Gasteiger charge is 2.49. The third-order valence-corrected chi connectivity index (χ3v) is 5.68. The maximum atomic E-state index is 13.2. The minimum absolute atomic E-state index is 0.0663. The summed E-state index contributed by atoms with van der Waals surface area (Å²) in [5.74, 6) is -5.54. The Morgan fingerprint density at radius 3 is 1.24 bits per heavy atom. The fraction of sp³-hybridized carbons (Fsp3) is 0.750. The molecule has 6 unspecified atom stereocenters. The molecule has 214 valence electrons. The molecule has 0 aliphatic carbocycles. The molecule has 2 N–H and O–H groups in total. The number of rotatable bonds is 13. The van der Waals surface area contributed by atoms with E-state index in [0.717, 1.165) is 40.5 Å². The average Bonchev–Trinajstić information content (AvgIpc) is 3.54. The smallest absolute Gasteiger partial charge is 0.303 e. The number of nitrogens with one attached hydrogen (secondary N) is 2. The molecule has 0 aromatic rings. The first-order valence-electron chi connectivity index (χ1n) is 12.5. The zero-order chi connectivity index (χ0) is 28.2. The fourth-order valence-corrected chi connectivity index (χ4v) is 4.12. The van der Waals surface area contributed by atoms with Crippen LogP contribution in [-0.2, 0) is 57.2 Å². The molecule has 2 fully saturated rings. The van der Waals surface area contributed by atoms with Crippen LogP contribution in [0.15, 0.2) is 0 Å². The Bertz CT molecular complexity index is 796. The molecule has 2 aliphatic heterocycles. The van der Waals surface area contributed by atoms with Gasteiger partial charge in [0, 0.05) is 54.0 Å². The van der Waals surface area contributed by atoms with Gasteiger partial charge in [-0.25, -0.2) is 0 Å². The lowest BCUT2D eigenvalue weighted by atomic mass is 10.00. The first-order valence-corrected chi connectivity index (χ1v) is 12.5.